The first-order valence-electron chi connectivity index (χ1n) is 4.94. The molecule has 0 spiro atoms. The molecule has 0 saturated carbocycles. The lowest BCUT2D eigenvalue weighted by Gasteiger charge is -2.06. The average molecular weight is 244 g/mol. The van der Waals surface area contributed by atoms with Crippen molar-refractivity contribution in [1.82, 2.24) is 5.32 Å². The molecule has 0 radical (unpaired) electrons. The minimum absolute atomic E-state index is 0.636. The van der Waals surface area contributed by atoms with Gasteiger partial charge in [-0.2, -0.15) is 0 Å². The molecule has 1 nitrogen and oxygen atoms in total. The van der Waals surface area contributed by atoms with Crippen LogP contribution in [0.25, 0.3) is 0 Å². The van der Waals surface area contributed by atoms with Gasteiger partial charge in [0.1, 0.15) is 0 Å². The summed E-state index contributed by atoms with van der Waals surface area (Å²) in [5.41, 5.74) is 4.09. The molecule has 1 aromatic rings. The van der Waals surface area contributed by atoms with E-state index in [1.807, 2.05) is 0 Å². The summed E-state index contributed by atoms with van der Waals surface area (Å²) in [6.07, 6.45) is 1.01. The number of hydrogen-bond acceptors (Lipinski definition) is 1. The van der Waals surface area contributed by atoms with E-state index in [2.05, 4.69) is 36.5 Å². The van der Waals surface area contributed by atoms with Crippen molar-refractivity contribution in [3.8, 4) is 0 Å². The lowest BCUT2D eigenvalue weighted by molar-refractivity contribution is 0.738. The third kappa shape index (κ3) is 4.70. The van der Waals surface area contributed by atoms with Gasteiger partial charge in [-0.05, 0) is 31.0 Å². The highest BCUT2D eigenvalue weighted by Gasteiger charge is 1.96. The molecule has 0 bridgehead atoms. The second-order valence-electron chi connectivity index (χ2n) is 3.41. The molecule has 0 heterocycles. The fourth-order valence-electron chi connectivity index (χ4n) is 1.36. The Bertz CT molecular complexity index is 334. The maximum absolute atomic E-state index is 5.74. The molecular formula is C12H15Cl2N. The zero-order chi connectivity index (χ0) is 11.1. The maximum atomic E-state index is 5.74. The first-order valence-corrected chi connectivity index (χ1v) is 5.75. The van der Waals surface area contributed by atoms with Crippen LogP contribution in [0.5, 0.6) is 0 Å². The van der Waals surface area contributed by atoms with Crippen LogP contribution in [0.1, 0.15) is 11.1 Å². The van der Waals surface area contributed by atoms with E-state index < -0.39 is 0 Å². The normalized spacial score (nSPS) is 11.8. The van der Waals surface area contributed by atoms with E-state index in [-0.39, 0.29) is 0 Å². The minimum Gasteiger partial charge on any atom is -0.311 e. The van der Waals surface area contributed by atoms with Gasteiger partial charge in [0.25, 0.3) is 0 Å². The van der Waals surface area contributed by atoms with Crippen molar-refractivity contribution in [2.75, 3.05) is 13.1 Å². The van der Waals surface area contributed by atoms with E-state index in [0.717, 1.165) is 13.0 Å². The number of benzene rings is 1. The monoisotopic (exact) mass is 243 g/mol. The first kappa shape index (κ1) is 12.6. The predicted molar refractivity (Wildman–Crippen MR) is 67.5 cm³/mol. The van der Waals surface area contributed by atoms with Crippen molar-refractivity contribution in [2.45, 2.75) is 13.3 Å². The lowest BCUT2D eigenvalue weighted by atomic mass is 10.1. The zero-order valence-corrected chi connectivity index (χ0v) is 10.3. The zero-order valence-electron chi connectivity index (χ0n) is 8.76. The fraction of sp³-hybridized carbons (Fsp3) is 0.333. The lowest BCUT2D eigenvalue weighted by Crippen LogP contribution is -2.18. The summed E-state index contributed by atoms with van der Waals surface area (Å²) in [6.45, 7) is 3.67. The van der Waals surface area contributed by atoms with E-state index in [1.54, 1.807) is 0 Å². The Balaban J connectivity index is 2.29. The summed E-state index contributed by atoms with van der Waals surface area (Å²) in [5, 5.41) is 3.87. The number of halogens is 2. The van der Waals surface area contributed by atoms with E-state index in [1.165, 1.54) is 16.7 Å². The van der Waals surface area contributed by atoms with Gasteiger partial charge in [0.2, 0.25) is 0 Å². The van der Waals surface area contributed by atoms with Crippen molar-refractivity contribution < 1.29 is 0 Å². The van der Waals surface area contributed by atoms with Gasteiger partial charge >= 0.3 is 0 Å². The second-order valence-corrected chi connectivity index (χ2v) is 4.11. The highest BCUT2D eigenvalue weighted by atomic mass is 35.5. The molecule has 0 atom stereocenters. The minimum atomic E-state index is 0.636. The van der Waals surface area contributed by atoms with Gasteiger partial charge in [-0.25, -0.2) is 0 Å². The Kier molecular flexibility index (Phi) is 5.77. The van der Waals surface area contributed by atoms with Gasteiger partial charge in [-0.3, -0.25) is 0 Å². The summed E-state index contributed by atoms with van der Waals surface area (Å²) in [7, 11) is 0. The van der Waals surface area contributed by atoms with Crippen molar-refractivity contribution in [3.63, 3.8) is 0 Å². The van der Waals surface area contributed by atoms with Gasteiger partial charge in [0.05, 0.1) is 0 Å². The van der Waals surface area contributed by atoms with Crippen LogP contribution < -0.4 is 5.32 Å². The SMILES string of the molecule is Cc1ccccc1CCNCC(Cl)=CCl. The fourth-order valence-corrected chi connectivity index (χ4v) is 1.53. The Morgan fingerprint density at radius 1 is 1.40 bits per heavy atom. The maximum Gasteiger partial charge on any atom is 0.0431 e. The molecule has 0 aliphatic carbocycles. The molecule has 1 aromatic carbocycles. The van der Waals surface area contributed by atoms with Crippen LogP contribution in [0.4, 0.5) is 0 Å². The number of rotatable bonds is 5. The summed E-state index contributed by atoms with van der Waals surface area (Å²) in [4.78, 5) is 0. The Labute approximate surface area is 101 Å². The van der Waals surface area contributed by atoms with Gasteiger partial charge < -0.3 is 5.32 Å². The van der Waals surface area contributed by atoms with E-state index in [0.29, 0.717) is 11.6 Å². The van der Waals surface area contributed by atoms with E-state index in [4.69, 9.17) is 23.2 Å². The number of aryl methyl sites for hydroxylation is 1. The molecule has 0 aliphatic heterocycles. The smallest absolute Gasteiger partial charge is 0.0431 e. The molecule has 3 heteroatoms. The summed E-state index contributed by atoms with van der Waals surface area (Å²) in [6, 6.07) is 8.39. The molecular weight excluding hydrogens is 229 g/mol. The summed E-state index contributed by atoms with van der Waals surface area (Å²) in [5.74, 6) is 0. The Hall–Kier alpha value is -0.500. The van der Waals surface area contributed by atoms with Crippen molar-refractivity contribution in [2.24, 2.45) is 0 Å². The van der Waals surface area contributed by atoms with Gasteiger partial charge in [-0.1, -0.05) is 47.5 Å². The number of hydrogen-bond donors (Lipinski definition) is 1. The molecule has 82 valence electrons. The molecule has 1 N–H and O–H groups in total. The Morgan fingerprint density at radius 2 is 2.13 bits per heavy atom. The topological polar surface area (TPSA) is 12.0 Å². The molecule has 0 amide bonds. The molecule has 15 heavy (non-hydrogen) atoms. The largest absolute Gasteiger partial charge is 0.311 e. The first-order chi connectivity index (χ1) is 7.24. The molecule has 1 rings (SSSR count). The van der Waals surface area contributed by atoms with Gasteiger partial charge in [-0.15, -0.1) is 0 Å². The van der Waals surface area contributed by atoms with Crippen LogP contribution in [0.15, 0.2) is 34.8 Å². The van der Waals surface area contributed by atoms with Crippen molar-refractivity contribution in [1.29, 1.82) is 0 Å². The van der Waals surface area contributed by atoms with Crippen molar-refractivity contribution in [3.05, 3.63) is 46.0 Å². The van der Waals surface area contributed by atoms with Gasteiger partial charge in [0, 0.05) is 17.1 Å². The molecule has 0 aliphatic rings. The van der Waals surface area contributed by atoms with Crippen LogP contribution in [0, 0.1) is 6.92 Å². The summed E-state index contributed by atoms with van der Waals surface area (Å²) < 4.78 is 0. The highest BCUT2D eigenvalue weighted by molar-refractivity contribution is 6.36. The van der Waals surface area contributed by atoms with Crippen LogP contribution in [0.3, 0.4) is 0 Å². The highest BCUT2D eigenvalue weighted by Crippen LogP contribution is 2.07. The molecule has 0 aromatic heterocycles. The summed E-state index contributed by atoms with van der Waals surface area (Å²) >= 11 is 11.2. The van der Waals surface area contributed by atoms with E-state index >= 15 is 0 Å². The third-order valence-corrected chi connectivity index (χ3v) is 2.86. The molecule has 0 unspecified atom stereocenters. The average Bonchev–Trinajstić information content (AvgIpc) is 2.26. The predicted octanol–water partition coefficient (Wildman–Crippen LogP) is 3.45. The quantitative estimate of drug-likeness (QED) is 0.782. The third-order valence-electron chi connectivity index (χ3n) is 2.24. The van der Waals surface area contributed by atoms with Gasteiger partial charge in [0.15, 0.2) is 0 Å². The Morgan fingerprint density at radius 3 is 2.80 bits per heavy atom. The van der Waals surface area contributed by atoms with E-state index in [9.17, 15) is 0 Å². The van der Waals surface area contributed by atoms with Crippen molar-refractivity contribution >= 4 is 23.2 Å². The van der Waals surface area contributed by atoms with Crippen LogP contribution in [-0.4, -0.2) is 13.1 Å². The van der Waals surface area contributed by atoms with Crippen LogP contribution >= 0.6 is 23.2 Å². The number of nitrogens with one attached hydrogen (secondary N) is 1. The molecule has 0 saturated heterocycles. The standard InChI is InChI=1S/C12H15Cl2N/c1-10-4-2-3-5-11(10)6-7-15-9-12(14)8-13/h2-5,8,15H,6-7,9H2,1H3. The van der Waals surface area contributed by atoms with Crippen LogP contribution in [0.2, 0.25) is 0 Å². The molecule has 0 fully saturated rings. The van der Waals surface area contributed by atoms with Crippen LogP contribution in [-0.2, 0) is 6.42 Å². The second kappa shape index (κ2) is 6.89.